The fourth-order valence-corrected chi connectivity index (χ4v) is 9.22. The minimum Gasteiger partial charge on any atom is -0.466 e. The highest BCUT2D eigenvalue weighted by Gasteiger charge is 2.19. The van der Waals surface area contributed by atoms with Crippen molar-refractivity contribution in [2.24, 2.45) is 0 Å². The van der Waals surface area contributed by atoms with Crippen LogP contribution in [0.3, 0.4) is 0 Å². The van der Waals surface area contributed by atoms with Gasteiger partial charge in [0.25, 0.3) is 0 Å². The highest BCUT2D eigenvalue weighted by atomic mass is 16.5. The summed E-state index contributed by atoms with van der Waals surface area (Å²) >= 11 is 0. The van der Waals surface area contributed by atoms with Gasteiger partial charge in [0.15, 0.2) is 0 Å². The van der Waals surface area contributed by atoms with Crippen LogP contribution in [0.1, 0.15) is 322 Å². The summed E-state index contributed by atoms with van der Waals surface area (Å²) in [6.45, 7) is 4.92. The van der Waals surface area contributed by atoms with Crippen molar-refractivity contribution < 1.29 is 24.5 Å². The molecule has 6 heteroatoms. The molecule has 0 heterocycles. The lowest BCUT2D eigenvalue weighted by atomic mass is 10.0. The maximum atomic E-state index is 12.5. The van der Waals surface area contributed by atoms with Crippen LogP contribution in [-0.4, -0.2) is 47.4 Å². The third-order valence-electron chi connectivity index (χ3n) is 13.8. The van der Waals surface area contributed by atoms with Gasteiger partial charge in [-0.15, -0.1) is 0 Å². The number of allylic oxidation sites excluding steroid dienone is 4. The van der Waals surface area contributed by atoms with Crippen LogP contribution in [0.15, 0.2) is 24.3 Å². The number of aliphatic hydroxyl groups is 2. The maximum Gasteiger partial charge on any atom is 0.305 e. The Kier molecular flexibility index (Phi) is 54.5. The van der Waals surface area contributed by atoms with Gasteiger partial charge in [-0.2, -0.15) is 0 Å². The van der Waals surface area contributed by atoms with E-state index < -0.39 is 12.1 Å². The van der Waals surface area contributed by atoms with Crippen LogP contribution < -0.4 is 5.32 Å². The predicted octanol–water partition coefficient (Wildman–Crippen LogP) is 18.2. The number of hydrogen-bond acceptors (Lipinski definition) is 5. The van der Waals surface area contributed by atoms with E-state index in [0.717, 1.165) is 51.4 Å². The molecule has 0 bridgehead atoms. The summed E-state index contributed by atoms with van der Waals surface area (Å²) in [5.41, 5.74) is 0. The molecule has 2 atom stereocenters. The second kappa shape index (κ2) is 55.9. The highest BCUT2D eigenvalue weighted by Crippen LogP contribution is 2.18. The highest BCUT2D eigenvalue weighted by molar-refractivity contribution is 5.76. The molecule has 390 valence electrons. The van der Waals surface area contributed by atoms with Gasteiger partial charge in [0, 0.05) is 12.8 Å². The first-order valence-corrected chi connectivity index (χ1v) is 29.6. The summed E-state index contributed by atoms with van der Waals surface area (Å²) in [6.07, 6.45) is 67.6. The summed E-state index contributed by atoms with van der Waals surface area (Å²) < 4.78 is 5.47. The van der Waals surface area contributed by atoms with Gasteiger partial charge < -0.3 is 20.3 Å². The Labute approximate surface area is 411 Å². The van der Waals surface area contributed by atoms with E-state index >= 15 is 0 Å². The Morgan fingerprint density at radius 1 is 0.424 bits per heavy atom. The third-order valence-corrected chi connectivity index (χ3v) is 13.8. The van der Waals surface area contributed by atoms with E-state index in [1.54, 1.807) is 0 Å². The second-order valence-corrected chi connectivity index (χ2v) is 20.3. The lowest BCUT2D eigenvalue weighted by Crippen LogP contribution is -2.45. The van der Waals surface area contributed by atoms with Crippen LogP contribution in [-0.2, 0) is 14.3 Å². The molecule has 0 aliphatic rings. The summed E-state index contributed by atoms with van der Waals surface area (Å²) in [6, 6.07) is -0.585. The second-order valence-electron chi connectivity index (χ2n) is 20.3. The Morgan fingerprint density at radius 2 is 0.773 bits per heavy atom. The van der Waals surface area contributed by atoms with E-state index in [9.17, 15) is 19.8 Å². The van der Waals surface area contributed by atoms with Crippen molar-refractivity contribution in [2.45, 2.75) is 334 Å². The van der Waals surface area contributed by atoms with Crippen molar-refractivity contribution in [2.75, 3.05) is 13.2 Å². The quantitative estimate of drug-likeness (QED) is 0.0321. The molecule has 0 aliphatic heterocycles. The fourth-order valence-electron chi connectivity index (χ4n) is 9.22. The van der Waals surface area contributed by atoms with Crippen LogP contribution in [0, 0.1) is 0 Å². The number of hydrogen-bond donors (Lipinski definition) is 3. The summed E-state index contributed by atoms with van der Waals surface area (Å²) in [5.74, 6) is -0.125. The van der Waals surface area contributed by atoms with Gasteiger partial charge in [-0.05, 0) is 44.9 Å². The minimum atomic E-state index is -0.699. The smallest absolute Gasteiger partial charge is 0.305 e. The van der Waals surface area contributed by atoms with Gasteiger partial charge in [0.05, 0.1) is 25.4 Å². The van der Waals surface area contributed by atoms with Gasteiger partial charge in [-0.3, -0.25) is 9.59 Å². The fraction of sp³-hybridized carbons (Fsp3) is 0.900. The van der Waals surface area contributed by atoms with Crippen molar-refractivity contribution in [3.8, 4) is 0 Å². The van der Waals surface area contributed by atoms with Crippen LogP contribution >= 0.6 is 0 Å². The zero-order chi connectivity index (χ0) is 47.9. The van der Waals surface area contributed by atoms with Crippen molar-refractivity contribution in [3.63, 3.8) is 0 Å². The molecule has 0 aromatic carbocycles. The van der Waals surface area contributed by atoms with Gasteiger partial charge in [-0.25, -0.2) is 0 Å². The number of ether oxygens (including phenoxy) is 1. The maximum absolute atomic E-state index is 12.5. The zero-order valence-corrected chi connectivity index (χ0v) is 44.4. The number of carbonyl (C=O) groups is 2. The molecular weight excluding hydrogens is 815 g/mol. The monoisotopic (exact) mass is 930 g/mol. The first kappa shape index (κ1) is 64.3. The minimum absolute atomic E-state index is 0.0124. The van der Waals surface area contributed by atoms with Crippen molar-refractivity contribution >= 4 is 11.9 Å². The largest absolute Gasteiger partial charge is 0.466 e. The number of unbranched alkanes of at least 4 members (excludes halogenated alkanes) is 40. The molecule has 3 N–H and O–H groups in total. The molecule has 0 spiro atoms. The number of aliphatic hydroxyl groups excluding tert-OH is 2. The Hall–Kier alpha value is -1.66. The van der Waals surface area contributed by atoms with E-state index in [2.05, 4.69) is 37.4 Å². The molecule has 0 radical (unpaired) electrons. The SMILES string of the molecule is CCCCCCCCCCCCCCCCCCCCCC(O)C(CO)NC(=O)CC/C=C\C/C=C\CCCCCCCCOC(=O)CCCCCCCCCCCCCCCCCCC. The normalized spacial score (nSPS) is 12.7. The molecule has 0 aromatic heterocycles. The van der Waals surface area contributed by atoms with E-state index in [4.69, 9.17) is 4.74 Å². The average molecular weight is 931 g/mol. The summed E-state index contributed by atoms with van der Waals surface area (Å²) in [4.78, 5) is 24.5. The zero-order valence-electron chi connectivity index (χ0n) is 44.4. The molecule has 0 rings (SSSR count). The van der Waals surface area contributed by atoms with Crippen molar-refractivity contribution in [1.29, 1.82) is 0 Å². The third kappa shape index (κ3) is 51.7. The molecule has 0 fully saturated rings. The van der Waals surface area contributed by atoms with Crippen molar-refractivity contribution in [1.82, 2.24) is 5.32 Å². The first-order valence-electron chi connectivity index (χ1n) is 29.6. The van der Waals surface area contributed by atoms with Crippen LogP contribution in [0.2, 0.25) is 0 Å². The van der Waals surface area contributed by atoms with E-state index in [1.165, 1.54) is 231 Å². The number of carbonyl (C=O) groups excluding carboxylic acids is 2. The molecule has 0 aliphatic carbocycles. The molecule has 1 amide bonds. The van der Waals surface area contributed by atoms with Crippen LogP contribution in [0.5, 0.6) is 0 Å². The first-order chi connectivity index (χ1) is 32.5. The number of nitrogens with one attached hydrogen (secondary N) is 1. The Bertz CT molecular complexity index is 1030. The lowest BCUT2D eigenvalue weighted by molar-refractivity contribution is -0.143. The molecule has 66 heavy (non-hydrogen) atoms. The van der Waals surface area contributed by atoms with E-state index in [0.29, 0.717) is 32.3 Å². The van der Waals surface area contributed by atoms with Gasteiger partial charge in [-0.1, -0.05) is 289 Å². The standard InChI is InChI=1S/C60H115NO5/c1-3-5-7-9-11-13-15-17-19-21-22-24-25-28-32-36-40-44-48-52-58(63)57(56-62)61-59(64)53-49-45-41-37-33-29-27-31-35-39-43-47-51-55-66-60(65)54-50-46-42-38-34-30-26-23-20-18-16-14-12-10-8-6-4-2/h29,33,41,45,57-58,62-63H,3-28,30-32,34-40,42-44,46-56H2,1-2H3,(H,61,64)/b33-29-,45-41-. The van der Waals surface area contributed by atoms with E-state index in [-0.39, 0.29) is 18.5 Å². The molecular formula is C60H115NO5. The Morgan fingerprint density at radius 3 is 1.18 bits per heavy atom. The van der Waals surface area contributed by atoms with Crippen LogP contribution in [0.25, 0.3) is 0 Å². The van der Waals surface area contributed by atoms with Gasteiger partial charge >= 0.3 is 5.97 Å². The summed E-state index contributed by atoms with van der Waals surface area (Å²) in [5, 5.41) is 23.2. The molecule has 6 nitrogen and oxygen atoms in total. The topological polar surface area (TPSA) is 95.9 Å². The average Bonchev–Trinajstić information content (AvgIpc) is 3.32. The number of esters is 1. The van der Waals surface area contributed by atoms with Crippen molar-refractivity contribution in [3.05, 3.63) is 24.3 Å². The number of rotatable bonds is 55. The molecule has 2 unspecified atom stereocenters. The lowest BCUT2D eigenvalue weighted by Gasteiger charge is -2.22. The Balaban J connectivity index is 3.51. The molecule has 0 saturated heterocycles. The van der Waals surface area contributed by atoms with E-state index in [1.807, 2.05) is 6.08 Å². The van der Waals surface area contributed by atoms with Gasteiger partial charge in [0.2, 0.25) is 5.91 Å². The molecule has 0 aromatic rings. The van der Waals surface area contributed by atoms with Gasteiger partial charge in [0.1, 0.15) is 0 Å². The molecule has 0 saturated carbocycles. The predicted molar refractivity (Wildman–Crippen MR) is 287 cm³/mol. The number of amides is 1. The summed E-state index contributed by atoms with van der Waals surface area (Å²) in [7, 11) is 0. The van der Waals surface area contributed by atoms with Crippen LogP contribution in [0.4, 0.5) is 0 Å².